The lowest BCUT2D eigenvalue weighted by Gasteiger charge is -2.27. The average Bonchev–Trinajstić information content (AvgIpc) is 3.36. The van der Waals surface area contributed by atoms with E-state index < -0.39 is 12.2 Å². The van der Waals surface area contributed by atoms with Crippen LogP contribution in [0.2, 0.25) is 0 Å². The molecule has 3 heterocycles. The number of guanidine groups is 1. The molecule has 1 aliphatic heterocycles. The van der Waals surface area contributed by atoms with Crippen molar-refractivity contribution in [2.75, 3.05) is 7.05 Å². The molecular formula is C23H21FN4O3. The SMILES string of the molecule is CN1C(=O)C(c2cc(OC3CC3)cc(-c3ccoc3)c2)(c2ccnc(CF)c2)N=C1N. The van der Waals surface area contributed by atoms with E-state index >= 15 is 0 Å². The number of nitrogens with zero attached hydrogens (tertiary/aromatic N) is 3. The van der Waals surface area contributed by atoms with E-state index in [0.717, 1.165) is 24.0 Å². The van der Waals surface area contributed by atoms with Gasteiger partial charge in [-0.2, -0.15) is 0 Å². The standard InChI is InChI=1S/C23H21FN4O3/c1-28-21(29)23(27-22(28)25,16-4-6-26-18(10-16)12-24)17-8-15(14-5-7-30-13-14)9-20(11-17)31-19-2-3-19/h4-11,13,19H,2-3,12H2,1H3,(H2,25,27). The fourth-order valence-corrected chi connectivity index (χ4v) is 3.81. The fraction of sp³-hybridized carbons (Fsp3) is 0.261. The summed E-state index contributed by atoms with van der Waals surface area (Å²) in [7, 11) is 1.57. The molecule has 2 N–H and O–H groups in total. The average molecular weight is 420 g/mol. The third-order valence-electron chi connectivity index (χ3n) is 5.62. The summed E-state index contributed by atoms with van der Waals surface area (Å²) in [5, 5.41) is 0. The van der Waals surface area contributed by atoms with Crippen LogP contribution >= 0.6 is 0 Å². The number of alkyl halides is 1. The van der Waals surface area contributed by atoms with Crippen LogP contribution in [0, 0.1) is 0 Å². The summed E-state index contributed by atoms with van der Waals surface area (Å²) in [6.07, 6.45) is 6.84. The number of furan rings is 1. The fourth-order valence-electron chi connectivity index (χ4n) is 3.81. The lowest BCUT2D eigenvalue weighted by Crippen LogP contribution is -2.41. The predicted molar refractivity (Wildman–Crippen MR) is 112 cm³/mol. The summed E-state index contributed by atoms with van der Waals surface area (Å²) in [4.78, 5) is 23.5. The third-order valence-corrected chi connectivity index (χ3v) is 5.62. The first-order chi connectivity index (χ1) is 15.0. The summed E-state index contributed by atoms with van der Waals surface area (Å²) in [6.45, 7) is -0.752. The number of nitrogens with two attached hydrogens (primary N) is 1. The molecule has 3 aromatic rings. The van der Waals surface area contributed by atoms with Crippen molar-refractivity contribution in [3.63, 3.8) is 0 Å². The van der Waals surface area contributed by atoms with E-state index in [9.17, 15) is 9.18 Å². The topological polar surface area (TPSA) is 94.0 Å². The van der Waals surface area contributed by atoms with Crippen LogP contribution in [0.4, 0.5) is 4.39 Å². The molecule has 2 aliphatic rings. The van der Waals surface area contributed by atoms with Crippen LogP contribution in [0.5, 0.6) is 5.75 Å². The molecule has 1 aliphatic carbocycles. The van der Waals surface area contributed by atoms with Crippen LogP contribution in [0.15, 0.2) is 64.5 Å². The van der Waals surface area contributed by atoms with E-state index in [0.29, 0.717) is 16.9 Å². The molecule has 7 nitrogen and oxygen atoms in total. The largest absolute Gasteiger partial charge is 0.490 e. The van der Waals surface area contributed by atoms with Crippen LogP contribution in [-0.2, 0) is 17.0 Å². The van der Waals surface area contributed by atoms with Gasteiger partial charge in [0.05, 0.1) is 24.3 Å². The van der Waals surface area contributed by atoms with Crippen LogP contribution in [0.3, 0.4) is 0 Å². The Morgan fingerprint density at radius 3 is 2.71 bits per heavy atom. The minimum atomic E-state index is -1.47. The van der Waals surface area contributed by atoms with Gasteiger partial charge in [-0.25, -0.2) is 9.38 Å². The molecule has 1 fully saturated rings. The van der Waals surface area contributed by atoms with Crippen molar-refractivity contribution in [2.24, 2.45) is 10.7 Å². The molecule has 0 radical (unpaired) electrons. The molecule has 0 bridgehead atoms. The number of carbonyl (C=O) groups excluding carboxylic acids is 1. The Balaban J connectivity index is 1.75. The first-order valence-electron chi connectivity index (χ1n) is 10.0. The second kappa shape index (κ2) is 7.23. The normalized spacial score (nSPS) is 20.8. The van der Waals surface area contributed by atoms with Gasteiger partial charge in [0.1, 0.15) is 12.4 Å². The minimum absolute atomic E-state index is 0.0852. The number of rotatable bonds is 6. The van der Waals surface area contributed by atoms with Gasteiger partial charge in [-0.3, -0.25) is 14.7 Å². The molecule has 1 unspecified atom stereocenters. The molecule has 5 rings (SSSR count). The number of aliphatic imine (C=N–C) groups is 1. The number of pyridine rings is 1. The highest BCUT2D eigenvalue weighted by atomic mass is 19.1. The monoisotopic (exact) mass is 420 g/mol. The number of hydrogen-bond acceptors (Lipinski definition) is 6. The van der Waals surface area contributed by atoms with Gasteiger partial charge in [-0.1, -0.05) is 0 Å². The number of aromatic nitrogens is 1. The first-order valence-corrected chi connectivity index (χ1v) is 10.0. The molecule has 1 atom stereocenters. The molecule has 1 saturated carbocycles. The molecule has 2 aromatic heterocycles. The number of halogens is 1. The number of carbonyl (C=O) groups is 1. The Morgan fingerprint density at radius 2 is 2.06 bits per heavy atom. The second-order valence-electron chi connectivity index (χ2n) is 7.79. The number of amides is 1. The van der Waals surface area contributed by atoms with E-state index in [1.165, 1.54) is 11.1 Å². The highest BCUT2D eigenvalue weighted by Gasteiger charge is 2.50. The highest BCUT2D eigenvalue weighted by Crippen LogP contribution is 2.43. The number of benzene rings is 1. The van der Waals surface area contributed by atoms with Crippen LogP contribution < -0.4 is 10.5 Å². The van der Waals surface area contributed by atoms with Crippen LogP contribution in [0.25, 0.3) is 11.1 Å². The maximum absolute atomic E-state index is 13.5. The lowest BCUT2D eigenvalue weighted by atomic mass is 9.81. The Morgan fingerprint density at radius 1 is 1.23 bits per heavy atom. The van der Waals surface area contributed by atoms with Crippen molar-refractivity contribution in [1.82, 2.24) is 9.88 Å². The molecule has 1 aromatic carbocycles. The van der Waals surface area contributed by atoms with E-state index in [4.69, 9.17) is 14.9 Å². The lowest BCUT2D eigenvalue weighted by molar-refractivity contribution is -0.129. The zero-order valence-corrected chi connectivity index (χ0v) is 16.9. The van der Waals surface area contributed by atoms with Gasteiger partial charge < -0.3 is 14.9 Å². The van der Waals surface area contributed by atoms with Crippen LogP contribution in [-0.4, -0.2) is 34.9 Å². The summed E-state index contributed by atoms with van der Waals surface area (Å²) in [5.41, 5.74) is 7.55. The Bertz CT molecular complexity index is 1170. The van der Waals surface area contributed by atoms with Gasteiger partial charge in [0.15, 0.2) is 11.5 Å². The second-order valence-corrected chi connectivity index (χ2v) is 7.79. The van der Waals surface area contributed by atoms with Gasteiger partial charge in [0, 0.05) is 18.8 Å². The number of likely N-dealkylation sites (N-methyl/N-ethyl adjacent to an activating group) is 1. The molecular weight excluding hydrogens is 399 g/mol. The maximum atomic E-state index is 13.5. The summed E-state index contributed by atoms with van der Waals surface area (Å²) in [5.74, 6) is 0.385. The third kappa shape index (κ3) is 3.24. The maximum Gasteiger partial charge on any atom is 0.266 e. The Kier molecular flexibility index (Phi) is 4.50. The van der Waals surface area contributed by atoms with Crippen molar-refractivity contribution >= 4 is 11.9 Å². The Hall–Kier alpha value is -3.68. The minimum Gasteiger partial charge on any atom is -0.490 e. The van der Waals surface area contributed by atoms with Crippen molar-refractivity contribution in [2.45, 2.75) is 31.2 Å². The molecule has 158 valence electrons. The van der Waals surface area contributed by atoms with Crippen molar-refractivity contribution in [3.05, 3.63) is 71.9 Å². The van der Waals surface area contributed by atoms with Crippen molar-refractivity contribution in [1.29, 1.82) is 0 Å². The van der Waals surface area contributed by atoms with Gasteiger partial charge in [-0.05, 0) is 65.9 Å². The number of ether oxygens (including phenoxy) is 1. The Labute approximate surface area is 178 Å². The van der Waals surface area contributed by atoms with Crippen LogP contribution in [0.1, 0.15) is 29.7 Å². The van der Waals surface area contributed by atoms with Crippen molar-refractivity contribution < 1.29 is 18.3 Å². The molecule has 1 amide bonds. The van der Waals surface area contributed by atoms with Gasteiger partial charge in [0.2, 0.25) is 0 Å². The van der Waals surface area contributed by atoms with Crippen molar-refractivity contribution in [3.8, 4) is 16.9 Å². The number of hydrogen-bond donors (Lipinski definition) is 1. The molecule has 31 heavy (non-hydrogen) atoms. The molecule has 0 saturated heterocycles. The quantitative estimate of drug-likeness (QED) is 0.660. The molecule has 8 heteroatoms. The summed E-state index contributed by atoms with van der Waals surface area (Å²) >= 11 is 0. The van der Waals surface area contributed by atoms with Gasteiger partial charge in [-0.15, -0.1) is 0 Å². The predicted octanol–water partition coefficient (Wildman–Crippen LogP) is 3.38. The van der Waals surface area contributed by atoms with Gasteiger partial charge >= 0.3 is 0 Å². The van der Waals surface area contributed by atoms with E-state index in [1.54, 1.807) is 31.7 Å². The van der Waals surface area contributed by atoms with E-state index in [1.807, 2.05) is 24.3 Å². The zero-order valence-electron chi connectivity index (χ0n) is 16.9. The van der Waals surface area contributed by atoms with Gasteiger partial charge in [0.25, 0.3) is 5.91 Å². The smallest absolute Gasteiger partial charge is 0.266 e. The summed E-state index contributed by atoms with van der Waals surface area (Å²) in [6, 6.07) is 10.6. The highest BCUT2D eigenvalue weighted by molar-refractivity contribution is 6.09. The van der Waals surface area contributed by atoms with E-state index in [2.05, 4.69) is 9.98 Å². The first kappa shape index (κ1) is 19.3. The van der Waals surface area contributed by atoms with E-state index in [-0.39, 0.29) is 23.7 Å². The zero-order chi connectivity index (χ0) is 21.6. The molecule has 0 spiro atoms. The summed E-state index contributed by atoms with van der Waals surface area (Å²) < 4.78 is 24.7.